The molecule has 2 N–H and O–H groups in total. The molecule has 0 bridgehead atoms. The zero-order valence-corrected chi connectivity index (χ0v) is 17.3. The number of pyridine rings is 1. The number of rotatable bonds is 6. The van der Waals surface area contributed by atoms with Gasteiger partial charge in [0.2, 0.25) is 0 Å². The summed E-state index contributed by atoms with van der Waals surface area (Å²) in [5, 5.41) is 9.83. The zero-order valence-electron chi connectivity index (χ0n) is 16.5. The van der Waals surface area contributed by atoms with Crippen LogP contribution in [0.1, 0.15) is 0 Å². The van der Waals surface area contributed by atoms with E-state index in [-0.39, 0.29) is 0 Å². The number of nitrogens with one attached hydrogen (secondary N) is 2. The molecule has 2 heterocycles. The zero-order chi connectivity index (χ0) is 21.8. The predicted octanol–water partition coefficient (Wildman–Crippen LogP) is 5.33. The van der Waals surface area contributed by atoms with Crippen LogP contribution >= 0.6 is 11.6 Å². The van der Waals surface area contributed by atoms with Gasteiger partial charge in [0.25, 0.3) is 0 Å². The first-order chi connectivity index (χ1) is 15.1. The summed E-state index contributed by atoms with van der Waals surface area (Å²) in [6.07, 6.45) is 2.98. The van der Waals surface area contributed by atoms with Crippen molar-refractivity contribution in [3.05, 3.63) is 59.9 Å². The summed E-state index contributed by atoms with van der Waals surface area (Å²) < 4.78 is 21.4. The van der Waals surface area contributed by atoms with Gasteiger partial charge in [0.05, 0.1) is 24.8 Å². The lowest BCUT2D eigenvalue weighted by molar-refractivity contribution is 0.262. The maximum Gasteiger partial charge on any atom is 0.324 e. The van der Waals surface area contributed by atoms with Gasteiger partial charge in [-0.15, -0.1) is 0 Å². The second-order valence-electron chi connectivity index (χ2n) is 6.24. The highest BCUT2D eigenvalue weighted by Gasteiger charge is 2.13. The van der Waals surface area contributed by atoms with Crippen LogP contribution < -0.4 is 24.8 Å². The van der Waals surface area contributed by atoms with Gasteiger partial charge >= 0.3 is 6.03 Å². The normalized spacial score (nSPS) is 10.5. The lowest BCUT2D eigenvalue weighted by Gasteiger charge is -2.13. The molecule has 10 heteroatoms. The lowest BCUT2D eigenvalue weighted by Crippen LogP contribution is -2.19. The number of ether oxygens (including phenoxy) is 3. The molecule has 0 atom stereocenters. The van der Waals surface area contributed by atoms with Crippen molar-refractivity contribution in [1.29, 1.82) is 0 Å². The van der Waals surface area contributed by atoms with E-state index in [0.29, 0.717) is 45.0 Å². The fourth-order valence-corrected chi connectivity index (χ4v) is 3.09. The highest BCUT2D eigenvalue weighted by atomic mass is 35.5. The summed E-state index contributed by atoms with van der Waals surface area (Å²) >= 11 is 6.38. The first kappa shape index (κ1) is 20.3. The quantitative estimate of drug-likeness (QED) is 0.417. The molecule has 2 amide bonds. The number of nitrogens with zero attached hydrogens (tertiary/aromatic N) is 2. The Morgan fingerprint density at radius 3 is 2.48 bits per heavy atom. The Morgan fingerprint density at radius 2 is 1.77 bits per heavy atom. The van der Waals surface area contributed by atoms with Crippen LogP contribution in [0.3, 0.4) is 0 Å². The van der Waals surface area contributed by atoms with Crippen molar-refractivity contribution in [2.24, 2.45) is 0 Å². The molecule has 0 aliphatic carbocycles. The van der Waals surface area contributed by atoms with E-state index in [0.717, 1.165) is 5.39 Å². The molecule has 0 saturated carbocycles. The van der Waals surface area contributed by atoms with Crippen LogP contribution in [-0.2, 0) is 0 Å². The average Bonchev–Trinajstić information content (AvgIpc) is 3.27. The Bertz CT molecular complexity index is 1230. The Balaban J connectivity index is 1.55. The predicted molar refractivity (Wildman–Crippen MR) is 116 cm³/mol. The molecular weight excluding hydrogens is 424 g/mol. The van der Waals surface area contributed by atoms with Gasteiger partial charge in [-0.3, -0.25) is 10.3 Å². The van der Waals surface area contributed by atoms with E-state index in [2.05, 4.69) is 25.3 Å². The number of anilines is 2. The second kappa shape index (κ2) is 8.80. The average molecular weight is 441 g/mol. The SMILES string of the molecule is COc1cc2nccc(Oc3ccc(NC(=O)Nc4ccon4)cc3Cl)c2cc1OC. The maximum absolute atomic E-state index is 12.0. The van der Waals surface area contributed by atoms with Gasteiger partial charge in [0.15, 0.2) is 17.3 Å². The van der Waals surface area contributed by atoms with Gasteiger partial charge in [-0.05, 0) is 30.3 Å². The number of halogens is 1. The van der Waals surface area contributed by atoms with Crippen molar-refractivity contribution in [2.45, 2.75) is 0 Å². The molecule has 0 saturated heterocycles. The summed E-state index contributed by atoms with van der Waals surface area (Å²) in [5.41, 5.74) is 1.15. The Morgan fingerprint density at radius 1 is 0.968 bits per heavy atom. The number of urea groups is 1. The first-order valence-corrected chi connectivity index (χ1v) is 9.41. The van der Waals surface area contributed by atoms with Crippen molar-refractivity contribution in [1.82, 2.24) is 10.1 Å². The molecular formula is C21H17ClN4O5. The highest BCUT2D eigenvalue weighted by Crippen LogP contribution is 2.38. The van der Waals surface area contributed by atoms with Gasteiger partial charge in [-0.1, -0.05) is 16.8 Å². The summed E-state index contributed by atoms with van der Waals surface area (Å²) in [4.78, 5) is 16.4. The molecule has 0 spiro atoms. The third-order valence-corrected chi connectivity index (χ3v) is 4.59. The fraction of sp³-hybridized carbons (Fsp3) is 0.0952. The molecule has 0 aliphatic heterocycles. The summed E-state index contributed by atoms with van der Waals surface area (Å²) in [5.74, 6) is 2.36. The van der Waals surface area contributed by atoms with Gasteiger partial charge in [-0.25, -0.2) is 4.79 Å². The Kier molecular flexibility index (Phi) is 5.76. The van der Waals surface area contributed by atoms with Crippen molar-refractivity contribution in [3.63, 3.8) is 0 Å². The largest absolute Gasteiger partial charge is 0.493 e. The van der Waals surface area contributed by atoms with Crippen LogP contribution in [0.5, 0.6) is 23.0 Å². The molecule has 31 heavy (non-hydrogen) atoms. The minimum Gasteiger partial charge on any atom is -0.493 e. The minimum absolute atomic E-state index is 0.292. The molecule has 0 radical (unpaired) electrons. The molecule has 158 valence electrons. The van der Waals surface area contributed by atoms with Crippen LogP contribution in [0.15, 0.2) is 59.4 Å². The molecule has 2 aromatic carbocycles. The van der Waals surface area contributed by atoms with E-state index < -0.39 is 6.03 Å². The van der Waals surface area contributed by atoms with Gasteiger partial charge in [-0.2, -0.15) is 0 Å². The van der Waals surface area contributed by atoms with E-state index in [4.69, 9.17) is 25.8 Å². The summed E-state index contributed by atoms with van der Waals surface area (Å²) in [7, 11) is 3.12. The first-order valence-electron chi connectivity index (χ1n) is 9.04. The van der Waals surface area contributed by atoms with E-state index in [1.54, 1.807) is 56.8 Å². The van der Waals surface area contributed by atoms with Crippen molar-refractivity contribution in [3.8, 4) is 23.0 Å². The van der Waals surface area contributed by atoms with Crippen molar-refractivity contribution >= 4 is 40.0 Å². The number of hydrogen-bond acceptors (Lipinski definition) is 7. The molecule has 0 fully saturated rings. The van der Waals surface area contributed by atoms with E-state index in [1.807, 2.05) is 0 Å². The van der Waals surface area contributed by atoms with Gasteiger partial charge in [0.1, 0.15) is 17.8 Å². The van der Waals surface area contributed by atoms with Crippen LogP contribution in [0, 0.1) is 0 Å². The summed E-state index contributed by atoms with van der Waals surface area (Å²) in [6.45, 7) is 0. The topological polar surface area (TPSA) is 108 Å². The van der Waals surface area contributed by atoms with Crippen molar-refractivity contribution < 1.29 is 23.5 Å². The lowest BCUT2D eigenvalue weighted by atomic mass is 10.2. The number of aromatic nitrogens is 2. The van der Waals surface area contributed by atoms with Crippen LogP contribution in [0.25, 0.3) is 10.9 Å². The highest BCUT2D eigenvalue weighted by molar-refractivity contribution is 6.32. The molecule has 4 rings (SSSR count). The standard InChI is InChI=1S/C21H17ClN4O5/c1-28-18-10-13-15(11-19(18)29-2)23-7-5-16(13)31-17-4-3-12(9-14(17)22)24-21(27)25-20-6-8-30-26-20/h3-11H,1-2H3,(H2,24,25,26,27). The van der Waals surface area contributed by atoms with E-state index in [1.165, 1.54) is 12.3 Å². The molecule has 9 nitrogen and oxygen atoms in total. The van der Waals surface area contributed by atoms with E-state index >= 15 is 0 Å². The summed E-state index contributed by atoms with van der Waals surface area (Å²) in [6, 6.07) is 11.2. The minimum atomic E-state index is -0.486. The molecule has 0 aliphatic rings. The van der Waals surface area contributed by atoms with Crippen LogP contribution in [0.4, 0.5) is 16.3 Å². The Labute approximate surface area is 181 Å². The number of carbonyl (C=O) groups is 1. The van der Waals surface area contributed by atoms with Crippen LogP contribution in [0.2, 0.25) is 5.02 Å². The number of hydrogen-bond donors (Lipinski definition) is 2. The number of carbonyl (C=O) groups excluding carboxylic acids is 1. The number of methoxy groups -OCH3 is 2. The molecule has 2 aromatic heterocycles. The third-order valence-electron chi connectivity index (χ3n) is 4.30. The number of amides is 2. The van der Waals surface area contributed by atoms with Gasteiger partial charge in [0, 0.05) is 29.4 Å². The number of fused-ring (bicyclic) bond motifs is 1. The van der Waals surface area contributed by atoms with E-state index in [9.17, 15) is 4.79 Å². The Hall–Kier alpha value is -3.98. The fourth-order valence-electron chi connectivity index (χ4n) is 2.87. The molecule has 4 aromatic rings. The molecule has 0 unspecified atom stereocenters. The smallest absolute Gasteiger partial charge is 0.324 e. The number of benzene rings is 2. The van der Waals surface area contributed by atoms with Gasteiger partial charge < -0.3 is 24.1 Å². The van der Waals surface area contributed by atoms with Crippen LogP contribution in [-0.4, -0.2) is 30.4 Å². The third kappa shape index (κ3) is 4.46. The van der Waals surface area contributed by atoms with Crippen molar-refractivity contribution in [2.75, 3.05) is 24.9 Å². The second-order valence-corrected chi connectivity index (χ2v) is 6.65. The monoisotopic (exact) mass is 440 g/mol. The maximum atomic E-state index is 12.0.